The van der Waals surface area contributed by atoms with Gasteiger partial charge in [0.25, 0.3) is 0 Å². The summed E-state index contributed by atoms with van der Waals surface area (Å²) < 4.78 is 0. The average Bonchev–Trinajstić information content (AvgIpc) is 3.49. The minimum Gasteiger partial charge on any atom is -0.309 e. The number of benzene rings is 8. The molecule has 0 aliphatic heterocycles. The Hall–Kier alpha value is -6.44. The van der Waals surface area contributed by atoms with E-state index in [2.05, 4.69) is 176 Å². The van der Waals surface area contributed by atoms with E-state index in [0.717, 1.165) is 22.5 Å². The first-order valence-electron chi connectivity index (χ1n) is 16.8. The predicted octanol–water partition coefficient (Wildman–Crippen LogP) is 13.7. The third-order valence-corrected chi connectivity index (χ3v) is 9.90. The van der Waals surface area contributed by atoms with Gasteiger partial charge in [-0.2, -0.15) is 0 Å². The van der Waals surface area contributed by atoms with Gasteiger partial charge >= 0.3 is 0 Å². The molecule has 0 spiro atoms. The summed E-state index contributed by atoms with van der Waals surface area (Å²) in [6.45, 7) is 7.94. The summed E-state index contributed by atoms with van der Waals surface area (Å²) in [4.78, 5) is 2.44. The molecule has 1 heteroatoms. The molecule has 0 bridgehead atoms. The first-order valence-corrected chi connectivity index (χ1v) is 16.8. The highest BCUT2D eigenvalue weighted by Gasteiger charge is 2.29. The van der Waals surface area contributed by atoms with Crippen LogP contribution in [0.25, 0.3) is 71.3 Å². The Kier molecular flexibility index (Phi) is 6.85. The summed E-state index contributed by atoms with van der Waals surface area (Å²) >= 11 is 0. The molecular weight excluding hydrogens is 591 g/mol. The van der Waals surface area contributed by atoms with E-state index >= 15 is 0 Å². The van der Waals surface area contributed by atoms with Gasteiger partial charge in [0.2, 0.25) is 0 Å². The maximum Gasteiger partial charge on any atom is 0.0619 e. The van der Waals surface area contributed by atoms with Gasteiger partial charge in [-0.3, -0.25) is 0 Å². The normalized spacial score (nSPS) is 12.0. The molecule has 9 rings (SSSR count). The third-order valence-electron chi connectivity index (χ3n) is 9.90. The molecule has 8 aromatic rings. The van der Waals surface area contributed by atoms with Gasteiger partial charge in [0.15, 0.2) is 0 Å². The van der Waals surface area contributed by atoms with Crippen molar-refractivity contribution in [2.75, 3.05) is 4.90 Å². The molecule has 1 aliphatic rings. The number of hydrogen-bond acceptors (Lipinski definition) is 1. The van der Waals surface area contributed by atoms with Gasteiger partial charge in [0, 0.05) is 27.5 Å². The van der Waals surface area contributed by atoms with Crippen molar-refractivity contribution in [1.82, 2.24) is 0 Å². The van der Waals surface area contributed by atoms with Crippen molar-refractivity contribution in [3.63, 3.8) is 0 Å². The lowest BCUT2D eigenvalue weighted by Crippen LogP contribution is -2.11. The fraction of sp³-hybridized carbons (Fsp3) is 0. The molecule has 8 aromatic carbocycles. The van der Waals surface area contributed by atoms with Crippen LogP contribution in [0.5, 0.6) is 0 Å². The fourth-order valence-corrected chi connectivity index (χ4v) is 7.67. The summed E-state index contributed by atoms with van der Waals surface area (Å²) in [7, 11) is 0. The fourth-order valence-electron chi connectivity index (χ4n) is 7.67. The van der Waals surface area contributed by atoms with Crippen LogP contribution < -0.4 is 4.90 Å². The number of nitrogens with zero attached hydrogens (tertiary/aromatic N) is 1. The van der Waals surface area contributed by atoms with Crippen molar-refractivity contribution in [3.05, 3.63) is 195 Å². The molecule has 0 amide bonds. The first kappa shape index (κ1) is 28.8. The quantitative estimate of drug-likeness (QED) is 0.126. The second kappa shape index (κ2) is 11.7. The van der Waals surface area contributed by atoms with Crippen LogP contribution in [0.1, 0.15) is 5.56 Å². The zero-order valence-corrected chi connectivity index (χ0v) is 27.1. The summed E-state index contributed by atoms with van der Waals surface area (Å²) in [6, 6.07) is 57.6. The van der Waals surface area contributed by atoms with Crippen molar-refractivity contribution in [2.45, 2.75) is 0 Å². The molecule has 0 saturated carbocycles. The monoisotopic (exact) mass is 623 g/mol. The largest absolute Gasteiger partial charge is 0.309 e. The Morgan fingerprint density at radius 3 is 1.78 bits per heavy atom. The number of fused-ring (bicyclic) bond motifs is 6. The van der Waals surface area contributed by atoms with Gasteiger partial charge in [0.05, 0.1) is 5.69 Å². The van der Waals surface area contributed by atoms with Crippen molar-refractivity contribution in [2.24, 2.45) is 0 Å². The van der Waals surface area contributed by atoms with E-state index in [0.29, 0.717) is 0 Å². The molecule has 0 atom stereocenters. The maximum atomic E-state index is 4.04. The lowest BCUT2D eigenvalue weighted by molar-refractivity contribution is 1.31. The van der Waals surface area contributed by atoms with Gasteiger partial charge in [-0.15, -0.1) is 0 Å². The van der Waals surface area contributed by atoms with Gasteiger partial charge in [0.1, 0.15) is 0 Å². The van der Waals surface area contributed by atoms with Crippen LogP contribution in [0.2, 0.25) is 0 Å². The molecule has 49 heavy (non-hydrogen) atoms. The zero-order chi connectivity index (χ0) is 32.9. The number of anilines is 3. The molecule has 0 heterocycles. The summed E-state index contributed by atoms with van der Waals surface area (Å²) in [5, 5.41) is 7.56. The highest BCUT2D eigenvalue weighted by Crippen LogP contribution is 2.56. The van der Waals surface area contributed by atoms with E-state index in [1.54, 1.807) is 0 Å². The van der Waals surface area contributed by atoms with Crippen molar-refractivity contribution < 1.29 is 0 Å². The molecule has 0 saturated heterocycles. The van der Waals surface area contributed by atoms with E-state index < -0.39 is 0 Å². The first-order chi connectivity index (χ1) is 24.2. The summed E-state index contributed by atoms with van der Waals surface area (Å²) in [5.74, 6) is 0. The minimum atomic E-state index is 1.04. The Balaban J connectivity index is 1.33. The van der Waals surface area contributed by atoms with Crippen molar-refractivity contribution in [1.29, 1.82) is 0 Å². The van der Waals surface area contributed by atoms with Gasteiger partial charge in [-0.1, -0.05) is 153 Å². The number of rotatable bonds is 7. The molecule has 230 valence electrons. The van der Waals surface area contributed by atoms with Crippen LogP contribution in [0.4, 0.5) is 17.1 Å². The van der Waals surface area contributed by atoms with Gasteiger partial charge in [-0.25, -0.2) is 0 Å². The molecule has 0 aromatic heterocycles. The Morgan fingerprint density at radius 1 is 0.490 bits per heavy atom. The van der Waals surface area contributed by atoms with Gasteiger partial charge < -0.3 is 4.90 Å². The molecular formula is C48H33N. The molecule has 0 fully saturated rings. The Morgan fingerprint density at radius 2 is 1.08 bits per heavy atom. The highest BCUT2D eigenvalue weighted by molar-refractivity contribution is 6.30. The zero-order valence-electron chi connectivity index (χ0n) is 27.1. The number of allylic oxidation sites excluding steroid dienone is 4. The maximum absolute atomic E-state index is 4.04. The molecule has 0 N–H and O–H groups in total. The average molecular weight is 624 g/mol. The van der Waals surface area contributed by atoms with Crippen LogP contribution in [0.15, 0.2) is 189 Å². The van der Waals surface area contributed by atoms with Crippen LogP contribution in [0, 0.1) is 0 Å². The summed E-state index contributed by atoms with van der Waals surface area (Å²) in [6.07, 6.45) is 5.69. The van der Waals surface area contributed by atoms with Crippen molar-refractivity contribution in [3.8, 4) is 33.4 Å². The SMILES string of the molecule is C=C/C=C(\C=C)c1ccc(N(c2ccc(-c3ccccc3)cc2)c2c3ccccc3c3c4c(cccc24)-c2cc4ccccc4cc2-3)cc1. The van der Waals surface area contributed by atoms with Crippen LogP contribution in [-0.2, 0) is 0 Å². The molecule has 0 unspecified atom stereocenters. The number of hydrogen-bond donors (Lipinski definition) is 0. The highest BCUT2D eigenvalue weighted by atomic mass is 15.1. The van der Waals surface area contributed by atoms with Gasteiger partial charge in [-0.05, 0) is 97.1 Å². The van der Waals surface area contributed by atoms with E-state index in [9.17, 15) is 0 Å². The lowest BCUT2D eigenvalue weighted by atomic mass is 9.92. The summed E-state index contributed by atoms with van der Waals surface area (Å²) in [5.41, 5.74) is 13.1. The van der Waals surface area contributed by atoms with E-state index in [1.807, 2.05) is 18.2 Å². The van der Waals surface area contributed by atoms with E-state index in [1.165, 1.54) is 71.4 Å². The van der Waals surface area contributed by atoms with Crippen molar-refractivity contribution >= 4 is 55.0 Å². The predicted molar refractivity (Wildman–Crippen MR) is 212 cm³/mol. The molecule has 0 radical (unpaired) electrons. The third kappa shape index (κ3) is 4.63. The second-order valence-corrected chi connectivity index (χ2v) is 12.6. The van der Waals surface area contributed by atoms with Crippen LogP contribution >= 0.6 is 0 Å². The smallest absolute Gasteiger partial charge is 0.0619 e. The van der Waals surface area contributed by atoms with E-state index in [-0.39, 0.29) is 0 Å². The van der Waals surface area contributed by atoms with Crippen LogP contribution in [0.3, 0.4) is 0 Å². The Bertz CT molecular complexity index is 2610. The minimum absolute atomic E-state index is 1.04. The molecule has 1 nitrogen and oxygen atoms in total. The standard InChI is InChI=1S/C48H33N/c1-3-13-32(4-2)34-22-26-38(27-23-34)49(39-28-24-35(25-29-39)33-14-6-5-7-15-33)48-42-19-11-10-18-40(42)47-45-31-37-17-9-8-16-36(37)30-44(45)41-20-12-21-43(48)46(41)47/h3-31H,1-2H2/b32-13+. The Labute approximate surface area is 287 Å². The topological polar surface area (TPSA) is 3.24 Å². The van der Waals surface area contributed by atoms with E-state index in [4.69, 9.17) is 0 Å². The lowest BCUT2D eigenvalue weighted by Gasteiger charge is -2.29. The molecule has 1 aliphatic carbocycles. The van der Waals surface area contributed by atoms with Crippen LogP contribution in [-0.4, -0.2) is 0 Å². The second-order valence-electron chi connectivity index (χ2n) is 12.6.